The number of thioether (sulfide) groups is 1. The van der Waals surface area contributed by atoms with E-state index in [1.165, 1.54) is 32.4 Å². The van der Waals surface area contributed by atoms with E-state index in [4.69, 9.17) is 0 Å². The molecule has 2 fully saturated rings. The van der Waals surface area contributed by atoms with Crippen molar-refractivity contribution in [2.75, 3.05) is 45.5 Å². The van der Waals surface area contributed by atoms with E-state index in [-0.39, 0.29) is 6.03 Å². The Morgan fingerprint density at radius 3 is 2.84 bits per heavy atom. The van der Waals surface area contributed by atoms with Crippen LogP contribution in [-0.4, -0.2) is 70.9 Å². The average molecular weight is 364 g/mol. The number of carbonyl (C=O) groups excluding carboxylic acids is 1. The van der Waals surface area contributed by atoms with Crippen LogP contribution >= 0.6 is 11.8 Å². The summed E-state index contributed by atoms with van der Waals surface area (Å²) in [6.45, 7) is 6.01. The molecule has 3 aliphatic rings. The molecule has 0 bridgehead atoms. The SMILES string of the molecule is CN1CCC(C2CCN(C(=O)NCCc3cn4c(n3)SCC4)C2)CC1. The third-order valence-corrected chi connectivity index (χ3v) is 6.92. The number of imidazole rings is 1. The van der Waals surface area contributed by atoms with Gasteiger partial charge >= 0.3 is 6.03 Å². The first-order valence-corrected chi connectivity index (χ1v) is 10.6. The highest BCUT2D eigenvalue weighted by atomic mass is 32.2. The lowest BCUT2D eigenvalue weighted by Crippen LogP contribution is -2.40. The quantitative estimate of drug-likeness (QED) is 0.888. The second-order valence-corrected chi connectivity index (χ2v) is 8.74. The van der Waals surface area contributed by atoms with Gasteiger partial charge in [0.25, 0.3) is 0 Å². The number of nitrogens with zero attached hydrogens (tertiary/aromatic N) is 4. The molecule has 138 valence electrons. The molecule has 1 aromatic rings. The molecule has 0 aliphatic carbocycles. The Kier molecular flexibility index (Phi) is 5.22. The fraction of sp³-hybridized carbons (Fsp3) is 0.778. The number of hydrogen-bond donors (Lipinski definition) is 1. The summed E-state index contributed by atoms with van der Waals surface area (Å²) < 4.78 is 2.22. The zero-order valence-electron chi connectivity index (χ0n) is 15.1. The van der Waals surface area contributed by atoms with Gasteiger partial charge < -0.3 is 19.7 Å². The number of amides is 2. The predicted octanol–water partition coefficient (Wildman–Crippen LogP) is 1.90. The van der Waals surface area contributed by atoms with Crippen molar-refractivity contribution in [2.24, 2.45) is 11.8 Å². The van der Waals surface area contributed by atoms with Gasteiger partial charge in [0.05, 0.1) is 5.69 Å². The molecule has 0 saturated carbocycles. The molecule has 0 spiro atoms. The molecule has 3 aliphatic heterocycles. The lowest BCUT2D eigenvalue weighted by atomic mass is 9.84. The van der Waals surface area contributed by atoms with Gasteiger partial charge in [0, 0.05) is 44.5 Å². The van der Waals surface area contributed by atoms with Crippen LogP contribution in [0.5, 0.6) is 0 Å². The third-order valence-electron chi connectivity index (χ3n) is 5.95. The van der Waals surface area contributed by atoms with Gasteiger partial charge in [-0.25, -0.2) is 9.78 Å². The largest absolute Gasteiger partial charge is 0.338 e. The van der Waals surface area contributed by atoms with Crippen LogP contribution in [0.1, 0.15) is 25.0 Å². The molecule has 2 amide bonds. The summed E-state index contributed by atoms with van der Waals surface area (Å²) >= 11 is 1.82. The molecule has 6 nitrogen and oxygen atoms in total. The Balaban J connectivity index is 1.19. The van der Waals surface area contributed by atoms with E-state index in [1.54, 1.807) is 0 Å². The van der Waals surface area contributed by atoms with Crippen molar-refractivity contribution in [1.82, 2.24) is 24.7 Å². The minimum Gasteiger partial charge on any atom is -0.338 e. The standard InChI is InChI=1S/C18H29N5OS/c1-21-7-3-14(4-8-21)15-5-9-22(12-15)17(24)19-6-2-16-13-23-10-11-25-18(23)20-16/h13-15H,2-12H2,1H3,(H,19,24). The van der Waals surface area contributed by atoms with Crippen LogP contribution in [0.3, 0.4) is 0 Å². The van der Waals surface area contributed by atoms with Crippen LogP contribution in [0.15, 0.2) is 11.4 Å². The highest BCUT2D eigenvalue weighted by Gasteiger charge is 2.33. The number of urea groups is 1. The minimum absolute atomic E-state index is 0.108. The Bertz CT molecular complexity index is 589. The first-order chi connectivity index (χ1) is 12.2. The zero-order valence-corrected chi connectivity index (χ0v) is 15.9. The van der Waals surface area contributed by atoms with Crippen LogP contribution < -0.4 is 5.32 Å². The molecule has 2 saturated heterocycles. The van der Waals surface area contributed by atoms with Gasteiger partial charge in [0.1, 0.15) is 0 Å². The lowest BCUT2D eigenvalue weighted by Gasteiger charge is -2.32. The highest BCUT2D eigenvalue weighted by Crippen LogP contribution is 2.31. The minimum atomic E-state index is 0.108. The van der Waals surface area contributed by atoms with Gasteiger partial charge in [-0.2, -0.15) is 0 Å². The lowest BCUT2D eigenvalue weighted by molar-refractivity contribution is 0.168. The fourth-order valence-corrected chi connectivity index (χ4v) is 5.31. The van der Waals surface area contributed by atoms with Crippen molar-refractivity contribution in [2.45, 2.75) is 37.4 Å². The highest BCUT2D eigenvalue weighted by molar-refractivity contribution is 7.99. The molecule has 7 heteroatoms. The Hall–Kier alpha value is -1.21. The summed E-state index contributed by atoms with van der Waals surface area (Å²) in [5, 5.41) is 4.22. The number of rotatable bonds is 4. The van der Waals surface area contributed by atoms with Crippen LogP contribution in [0, 0.1) is 11.8 Å². The molecular formula is C18H29N5OS. The maximum Gasteiger partial charge on any atom is 0.317 e. The monoisotopic (exact) mass is 363 g/mol. The smallest absolute Gasteiger partial charge is 0.317 e. The van der Waals surface area contributed by atoms with E-state index in [9.17, 15) is 4.79 Å². The number of aryl methyl sites for hydroxylation is 1. The van der Waals surface area contributed by atoms with Gasteiger partial charge in [-0.1, -0.05) is 11.8 Å². The van der Waals surface area contributed by atoms with Gasteiger partial charge in [-0.05, 0) is 51.2 Å². The molecule has 0 aromatic carbocycles. The Morgan fingerprint density at radius 2 is 2.04 bits per heavy atom. The summed E-state index contributed by atoms with van der Waals surface area (Å²) in [5.74, 6) is 2.64. The van der Waals surface area contributed by atoms with E-state index in [0.29, 0.717) is 12.5 Å². The fourth-order valence-electron chi connectivity index (χ4n) is 4.35. The number of fused-ring (bicyclic) bond motifs is 1. The van der Waals surface area contributed by atoms with Crippen molar-refractivity contribution >= 4 is 17.8 Å². The number of likely N-dealkylation sites (tertiary alicyclic amines) is 2. The van der Waals surface area contributed by atoms with E-state index in [1.807, 2.05) is 16.7 Å². The number of aromatic nitrogens is 2. The summed E-state index contributed by atoms with van der Waals surface area (Å²) in [6, 6.07) is 0.108. The first-order valence-electron chi connectivity index (χ1n) is 9.59. The van der Waals surface area contributed by atoms with Crippen molar-refractivity contribution < 1.29 is 4.79 Å². The van der Waals surface area contributed by atoms with E-state index >= 15 is 0 Å². The second kappa shape index (κ2) is 7.58. The molecule has 4 rings (SSSR count). The van der Waals surface area contributed by atoms with Crippen LogP contribution in [0.25, 0.3) is 0 Å². The second-order valence-electron chi connectivity index (χ2n) is 7.67. The normalized spacial score (nSPS) is 24.7. The number of hydrogen-bond acceptors (Lipinski definition) is 4. The molecule has 25 heavy (non-hydrogen) atoms. The van der Waals surface area contributed by atoms with E-state index < -0.39 is 0 Å². The third kappa shape index (κ3) is 3.97. The Labute approximate surface area is 154 Å². The van der Waals surface area contributed by atoms with Crippen molar-refractivity contribution in [3.8, 4) is 0 Å². The average Bonchev–Trinajstić information content (AvgIpc) is 3.31. The van der Waals surface area contributed by atoms with Crippen molar-refractivity contribution in [3.05, 3.63) is 11.9 Å². The van der Waals surface area contributed by atoms with Gasteiger partial charge in [0.2, 0.25) is 0 Å². The molecular weight excluding hydrogens is 334 g/mol. The topological polar surface area (TPSA) is 53.4 Å². The summed E-state index contributed by atoms with van der Waals surface area (Å²) in [6.07, 6.45) is 6.71. The van der Waals surface area contributed by atoms with Crippen molar-refractivity contribution in [1.29, 1.82) is 0 Å². The maximum absolute atomic E-state index is 12.4. The van der Waals surface area contributed by atoms with Crippen molar-refractivity contribution in [3.63, 3.8) is 0 Å². The predicted molar refractivity (Wildman–Crippen MR) is 100.0 cm³/mol. The number of carbonyl (C=O) groups is 1. The van der Waals surface area contributed by atoms with Gasteiger partial charge in [0.15, 0.2) is 5.16 Å². The molecule has 1 aromatic heterocycles. The maximum atomic E-state index is 12.4. The summed E-state index contributed by atoms with van der Waals surface area (Å²) in [5.41, 5.74) is 1.09. The summed E-state index contributed by atoms with van der Waals surface area (Å²) in [7, 11) is 2.21. The van der Waals surface area contributed by atoms with E-state index in [2.05, 4.69) is 33.0 Å². The van der Waals surface area contributed by atoms with Crippen LogP contribution in [0.2, 0.25) is 0 Å². The zero-order chi connectivity index (χ0) is 17.2. The number of nitrogens with one attached hydrogen (secondary N) is 1. The Morgan fingerprint density at radius 1 is 1.24 bits per heavy atom. The van der Waals surface area contributed by atoms with Gasteiger partial charge in [-0.15, -0.1) is 0 Å². The number of piperidine rings is 1. The molecule has 1 unspecified atom stereocenters. The van der Waals surface area contributed by atoms with Gasteiger partial charge in [-0.3, -0.25) is 0 Å². The molecule has 4 heterocycles. The van der Waals surface area contributed by atoms with Crippen LogP contribution in [-0.2, 0) is 13.0 Å². The van der Waals surface area contributed by atoms with E-state index in [0.717, 1.165) is 48.6 Å². The molecule has 1 N–H and O–H groups in total. The molecule has 1 atom stereocenters. The first kappa shape index (κ1) is 17.2. The van der Waals surface area contributed by atoms with Crippen LogP contribution in [0.4, 0.5) is 4.79 Å². The molecule has 0 radical (unpaired) electrons. The summed E-state index contributed by atoms with van der Waals surface area (Å²) in [4.78, 5) is 21.5.